The van der Waals surface area contributed by atoms with Gasteiger partial charge in [-0.15, -0.1) is 22.7 Å². The number of thiophene rings is 2. The van der Waals surface area contributed by atoms with Crippen LogP contribution in [0.2, 0.25) is 5.28 Å². The van der Waals surface area contributed by atoms with Crippen molar-refractivity contribution in [3.63, 3.8) is 0 Å². The van der Waals surface area contributed by atoms with Crippen molar-refractivity contribution in [2.45, 2.75) is 0 Å². The highest BCUT2D eigenvalue weighted by Crippen LogP contribution is 2.40. The van der Waals surface area contributed by atoms with E-state index in [4.69, 9.17) is 36.2 Å². The first-order chi connectivity index (χ1) is 50.4. The first kappa shape index (κ1) is 64.3. The zero-order valence-electron chi connectivity index (χ0n) is 54.8. The van der Waals surface area contributed by atoms with E-state index < -0.39 is 0 Å². The molecule has 483 valence electrons. The van der Waals surface area contributed by atoms with Crippen LogP contribution in [0, 0.1) is 0 Å². The fourth-order valence-corrected chi connectivity index (χ4v) is 14.9. The largest absolute Gasteiger partial charge is 0.569 e. The summed E-state index contributed by atoms with van der Waals surface area (Å²) in [6.45, 7) is 0. The standard InChI is InChI=1S/C45H29N3S.C27H18ClN3.C18H12BO2S/c1-3-9-30(10-4-1)32-15-21-35(22-16-32)43-46-44(36-23-17-33(18-24-36)31-11-5-2-6-12-31)48-45(47-43)37-25-19-34(20-26-37)38-27-28-42-40(29-38)39-13-7-8-14-41(39)49-42;28-27-30-25(23-15-11-21(12-16-23)19-7-3-1-4-8-19)29-26(31-27)24-17-13-22(14-18-24)20-9-5-2-6-10-20;20-19-21-14-8-5-12(6-9-14)13-7-10-18-16(11-13)15-3-1-2-4-17(15)22-18/h1-29H;1-18H;1-11,20H. The van der Waals surface area contributed by atoms with Crippen LogP contribution in [0.5, 0.6) is 5.75 Å². The van der Waals surface area contributed by atoms with Gasteiger partial charge in [0.25, 0.3) is 0 Å². The van der Waals surface area contributed by atoms with Gasteiger partial charge in [0.2, 0.25) is 5.28 Å². The lowest BCUT2D eigenvalue weighted by Crippen LogP contribution is -2.00. The van der Waals surface area contributed by atoms with Crippen LogP contribution in [0.1, 0.15) is 0 Å². The maximum absolute atomic E-state index is 8.66. The van der Waals surface area contributed by atoms with Crippen molar-refractivity contribution in [2.24, 2.45) is 0 Å². The smallest absolute Gasteiger partial charge is 0.537 e. The number of aromatic nitrogens is 6. The molecule has 0 fully saturated rings. The SMILES string of the molecule is Clc1nc(-c2ccc(-c3ccccc3)cc2)nc(-c2ccc(-c3ccccc3)cc2)n1.O[B]Oc1ccc(-c2ccc3sc4ccccc4c3c2)cc1.c1ccc(-c2ccc(-c3nc(-c4ccc(-c5ccccc5)cc4)nc(-c4ccc(-c5ccc6sc7ccccc7c6c5)cc4)n3)cc2)cc1. The van der Waals surface area contributed by atoms with Gasteiger partial charge in [-0.3, -0.25) is 0 Å². The molecule has 1 N–H and O–H groups in total. The van der Waals surface area contributed by atoms with Crippen LogP contribution in [0.15, 0.2) is 352 Å². The number of fused-ring (bicyclic) bond motifs is 6. The highest BCUT2D eigenvalue weighted by molar-refractivity contribution is 7.26. The Labute approximate surface area is 604 Å². The molecule has 0 aliphatic heterocycles. The minimum Gasteiger partial charge on any atom is -0.537 e. The molecule has 0 atom stereocenters. The van der Waals surface area contributed by atoms with Crippen molar-refractivity contribution >= 4 is 82.3 Å². The number of nitrogens with zero attached hydrogens (tertiary/aromatic N) is 6. The molecule has 0 unspecified atom stereocenters. The van der Waals surface area contributed by atoms with E-state index in [1.807, 2.05) is 120 Å². The monoisotopic (exact) mass is 1370 g/mol. The fourth-order valence-electron chi connectivity index (χ4n) is 12.6. The zero-order valence-corrected chi connectivity index (χ0v) is 57.2. The highest BCUT2D eigenvalue weighted by atomic mass is 35.5. The molecule has 0 amide bonds. The van der Waals surface area contributed by atoms with Crippen LogP contribution in [0.3, 0.4) is 0 Å². The molecular formula is C90H59BClN6O2S2. The third-order valence-electron chi connectivity index (χ3n) is 17.9. The van der Waals surface area contributed by atoms with E-state index in [1.54, 1.807) is 0 Å². The zero-order chi connectivity index (χ0) is 68.6. The van der Waals surface area contributed by atoms with E-state index in [9.17, 15) is 0 Å². The van der Waals surface area contributed by atoms with E-state index in [2.05, 4.69) is 270 Å². The second kappa shape index (κ2) is 29.6. The first-order valence-electron chi connectivity index (χ1n) is 33.3. The number of halogens is 1. The van der Waals surface area contributed by atoms with Gasteiger partial charge in [-0.05, 0) is 127 Å². The molecule has 12 heteroatoms. The molecule has 0 aliphatic rings. The predicted octanol–water partition coefficient (Wildman–Crippen LogP) is 24.1. The van der Waals surface area contributed by atoms with Gasteiger partial charge >= 0.3 is 7.69 Å². The second-order valence-electron chi connectivity index (χ2n) is 24.3. The first-order valence-corrected chi connectivity index (χ1v) is 35.3. The Morgan fingerprint density at radius 3 is 0.755 bits per heavy atom. The average Bonchev–Trinajstić information content (AvgIpc) is 1.74. The molecule has 0 saturated heterocycles. The molecule has 4 aromatic heterocycles. The van der Waals surface area contributed by atoms with E-state index in [0.717, 1.165) is 61.2 Å². The summed E-state index contributed by atoms with van der Waals surface area (Å²) >= 11 is 9.91. The lowest BCUT2D eigenvalue weighted by Gasteiger charge is -2.10. The molecule has 8 nitrogen and oxygen atoms in total. The van der Waals surface area contributed by atoms with Gasteiger partial charge in [0, 0.05) is 68.2 Å². The normalized spacial score (nSPS) is 11.0. The molecular weight excluding hydrogens is 1310 g/mol. The van der Waals surface area contributed by atoms with Gasteiger partial charge in [-0.1, -0.05) is 303 Å². The number of benzene rings is 14. The number of rotatable bonds is 13. The summed E-state index contributed by atoms with van der Waals surface area (Å²) < 4.78 is 10.2. The Kier molecular flexibility index (Phi) is 18.7. The fraction of sp³-hybridized carbons (Fsp3) is 0. The summed E-state index contributed by atoms with van der Waals surface area (Å²) in [5, 5.41) is 14.0. The molecule has 102 heavy (non-hydrogen) atoms. The minimum absolute atomic E-state index is 0.180. The lowest BCUT2D eigenvalue weighted by molar-refractivity contribution is 0.454. The number of hydrogen-bond acceptors (Lipinski definition) is 10. The van der Waals surface area contributed by atoms with Crippen molar-refractivity contribution in [1.82, 2.24) is 29.9 Å². The lowest BCUT2D eigenvalue weighted by atomic mass is 10.0. The van der Waals surface area contributed by atoms with Crippen LogP contribution in [0.25, 0.3) is 164 Å². The molecule has 0 spiro atoms. The quantitative estimate of drug-likeness (QED) is 0.114. The van der Waals surface area contributed by atoms with E-state index in [-0.39, 0.29) is 5.28 Å². The predicted molar refractivity (Wildman–Crippen MR) is 425 cm³/mol. The van der Waals surface area contributed by atoms with Crippen molar-refractivity contribution in [3.8, 4) is 129 Å². The molecule has 4 heterocycles. The Hall–Kier alpha value is -12.3. The Morgan fingerprint density at radius 2 is 0.451 bits per heavy atom. The Bertz CT molecular complexity index is 5710. The highest BCUT2D eigenvalue weighted by Gasteiger charge is 2.16. The summed E-state index contributed by atoms with van der Waals surface area (Å²) in [6, 6.07) is 121. The van der Waals surface area contributed by atoms with Crippen LogP contribution >= 0.6 is 34.3 Å². The molecule has 0 saturated carbocycles. The van der Waals surface area contributed by atoms with E-state index in [0.29, 0.717) is 42.6 Å². The summed E-state index contributed by atoms with van der Waals surface area (Å²) in [6.07, 6.45) is 0. The molecule has 18 rings (SSSR count). The minimum atomic E-state index is 0.180. The third-order valence-corrected chi connectivity index (χ3v) is 20.3. The van der Waals surface area contributed by atoms with Crippen molar-refractivity contribution in [2.75, 3.05) is 0 Å². The molecule has 0 bridgehead atoms. The van der Waals surface area contributed by atoms with Gasteiger partial charge in [0.1, 0.15) is 5.75 Å². The Morgan fingerprint density at radius 1 is 0.225 bits per heavy atom. The number of hydrogen-bond donors (Lipinski definition) is 1. The van der Waals surface area contributed by atoms with Gasteiger partial charge in [-0.2, -0.15) is 9.97 Å². The van der Waals surface area contributed by atoms with Crippen molar-refractivity contribution in [3.05, 3.63) is 357 Å². The van der Waals surface area contributed by atoms with Gasteiger partial charge in [-0.25, -0.2) is 19.9 Å². The molecule has 1 radical (unpaired) electrons. The maximum Gasteiger partial charge on any atom is 0.569 e. The maximum atomic E-state index is 8.66. The summed E-state index contributed by atoms with van der Waals surface area (Å²) in [5.74, 6) is 3.66. The van der Waals surface area contributed by atoms with Gasteiger partial charge < -0.3 is 9.68 Å². The average molecular weight is 1370 g/mol. The topological polar surface area (TPSA) is 107 Å². The van der Waals surface area contributed by atoms with E-state index >= 15 is 0 Å². The van der Waals surface area contributed by atoms with Gasteiger partial charge in [0.05, 0.1) is 0 Å². The van der Waals surface area contributed by atoms with Crippen LogP contribution in [0.4, 0.5) is 0 Å². The van der Waals surface area contributed by atoms with Crippen molar-refractivity contribution in [1.29, 1.82) is 0 Å². The summed E-state index contributed by atoms with van der Waals surface area (Å²) in [7, 11) is 0.693. The van der Waals surface area contributed by atoms with Crippen LogP contribution in [-0.2, 0) is 0 Å². The molecule has 0 aliphatic carbocycles. The summed E-state index contributed by atoms with van der Waals surface area (Å²) in [5.41, 5.74) is 18.5. The molecule has 14 aromatic carbocycles. The summed E-state index contributed by atoms with van der Waals surface area (Å²) in [4.78, 5) is 28.4. The van der Waals surface area contributed by atoms with Crippen LogP contribution in [-0.4, -0.2) is 42.6 Å². The van der Waals surface area contributed by atoms with Crippen molar-refractivity contribution < 1.29 is 9.68 Å². The third kappa shape index (κ3) is 14.3. The molecule has 18 aromatic rings. The van der Waals surface area contributed by atoms with Crippen LogP contribution < -0.4 is 4.65 Å². The van der Waals surface area contributed by atoms with Gasteiger partial charge in [0.15, 0.2) is 29.1 Å². The van der Waals surface area contributed by atoms with E-state index in [1.165, 1.54) is 73.7 Å². The second-order valence-corrected chi connectivity index (χ2v) is 26.8. The Balaban J connectivity index is 0.000000129.